The van der Waals surface area contributed by atoms with Gasteiger partial charge >= 0.3 is 0 Å². The summed E-state index contributed by atoms with van der Waals surface area (Å²) in [6, 6.07) is 11.1. The molecule has 1 saturated carbocycles. The fraction of sp³-hybridized carbons (Fsp3) is 0.421. The molecule has 0 radical (unpaired) electrons. The van der Waals surface area contributed by atoms with E-state index in [1.807, 2.05) is 6.07 Å². The molecule has 1 heterocycles. The van der Waals surface area contributed by atoms with Crippen LogP contribution in [0.15, 0.2) is 36.4 Å². The van der Waals surface area contributed by atoms with E-state index in [0.717, 1.165) is 11.6 Å². The van der Waals surface area contributed by atoms with Gasteiger partial charge in [-0.05, 0) is 49.2 Å². The molecule has 0 bridgehead atoms. The molecule has 1 amide bonds. The van der Waals surface area contributed by atoms with Gasteiger partial charge in [0.2, 0.25) is 0 Å². The zero-order valence-electron chi connectivity index (χ0n) is 14.5. The van der Waals surface area contributed by atoms with E-state index >= 15 is 0 Å². The first kappa shape index (κ1) is 17.2. The van der Waals surface area contributed by atoms with Crippen molar-refractivity contribution in [3.63, 3.8) is 0 Å². The van der Waals surface area contributed by atoms with E-state index in [9.17, 15) is 4.79 Å². The van der Waals surface area contributed by atoms with Gasteiger partial charge in [0, 0.05) is 11.7 Å². The fourth-order valence-electron chi connectivity index (χ4n) is 3.03. The number of carbonyl (C=O) groups is 1. The van der Waals surface area contributed by atoms with Crippen molar-refractivity contribution in [2.75, 3.05) is 17.7 Å². The Balaban J connectivity index is 1.57. The number of ether oxygens (including phenoxy) is 1. The molecule has 1 fully saturated rings. The zero-order chi connectivity index (χ0) is 17.5. The summed E-state index contributed by atoms with van der Waals surface area (Å²) >= 11 is 0. The maximum absolute atomic E-state index is 12.3. The van der Waals surface area contributed by atoms with E-state index in [1.165, 1.54) is 38.5 Å². The topological polar surface area (TPSA) is 76.1 Å². The van der Waals surface area contributed by atoms with E-state index in [0.29, 0.717) is 17.4 Å². The number of benzene rings is 1. The maximum Gasteiger partial charge on any atom is 0.276 e. The molecule has 132 valence electrons. The largest absolute Gasteiger partial charge is 0.497 e. The molecular formula is C19H24N4O2. The molecule has 3 rings (SSSR count). The SMILES string of the molecule is COc1ccc(NC(=O)c2ccc(NC3CCCCCC3)nn2)cc1. The van der Waals surface area contributed by atoms with Crippen molar-refractivity contribution in [1.82, 2.24) is 10.2 Å². The molecule has 2 N–H and O–H groups in total. The molecule has 1 aliphatic rings. The lowest BCUT2D eigenvalue weighted by Gasteiger charge is -2.16. The number of nitrogens with zero attached hydrogens (tertiary/aromatic N) is 2. The molecule has 25 heavy (non-hydrogen) atoms. The summed E-state index contributed by atoms with van der Waals surface area (Å²) in [5.41, 5.74) is 0.982. The minimum atomic E-state index is -0.279. The third-order valence-electron chi connectivity index (χ3n) is 4.45. The molecule has 0 unspecified atom stereocenters. The monoisotopic (exact) mass is 340 g/mol. The van der Waals surface area contributed by atoms with Crippen molar-refractivity contribution < 1.29 is 9.53 Å². The van der Waals surface area contributed by atoms with Crippen molar-refractivity contribution in [3.8, 4) is 5.75 Å². The van der Waals surface area contributed by atoms with Gasteiger partial charge < -0.3 is 15.4 Å². The number of aromatic nitrogens is 2. The molecule has 1 aromatic heterocycles. The Hall–Kier alpha value is -2.63. The number of methoxy groups -OCH3 is 1. The smallest absolute Gasteiger partial charge is 0.276 e. The maximum atomic E-state index is 12.3. The molecule has 0 spiro atoms. The van der Waals surface area contributed by atoms with Gasteiger partial charge in [0.25, 0.3) is 5.91 Å². The Bertz CT molecular complexity index is 678. The van der Waals surface area contributed by atoms with Crippen LogP contribution in [0.5, 0.6) is 5.75 Å². The van der Waals surface area contributed by atoms with Gasteiger partial charge in [-0.25, -0.2) is 0 Å². The highest BCUT2D eigenvalue weighted by molar-refractivity contribution is 6.02. The highest BCUT2D eigenvalue weighted by Gasteiger charge is 2.14. The normalized spacial score (nSPS) is 15.2. The number of amides is 1. The van der Waals surface area contributed by atoms with E-state index in [-0.39, 0.29) is 5.91 Å². The third-order valence-corrected chi connectivity index (χ3v) is 4.45. The van der Waals surface area contributed by atoms with E-state index in [1.54, 1.807) is 37.4 Å². The number of anilines is 2. The van der Waals surface area contributed by atoms with Gasteiger partial charge in [0.05, 0.1) is 7.11 Å². The fourth-order valence-corrected chi connectivity index (χ4v) is 3.03. The lowest BCUT2D eigenvalue weighted by atomic mass is 10.1. The van der Waals surface area contributed by atoms with Gasteiger partial charge in [0.1, 0.15) is 11.6 Å². The van der Waals surface area contributed by atoms with Gasteiger partial charge in [-0.2, -0.15) is 0 Å². The third kappa shape index (κ3) is 4.92. The summed E-state index contributed by atoms with van der Waals surface area (Å²) in [5.74, 6) is 1.19. The number of nitrogens with one attached hydrogen (secondary N) is 2. The van der Waals surface area contributed by atoms with Crippen LogP contribution < -0.4 is 15.4 Å². The molecule has 0 saturated heterocycles. The summed E-state index contributed by atoms with van der Waals surface area (Å²) in [6.45, 7) is 0. The van der Waals surface area contributed by atoms with Gasteiger partial charge in [-0.1, -0.05) is 25.7 Å². The second-order valence-electron chi connectivity index (χ2n) is 6.32. The molecule has 1 aromatic carbocycles. The molecule has 2 aromatic rings. The second kappa shape index (κ2) is 8.46. The summed E-state index contributed by atoms with van der Waals surface area (Å²) in [6.07, 6.45) is 7.48. The number of hydrogen-bond donors (Lipinski definition) is 2. The van der Waals surface area contributed by atoms with Crippen LogP contribution in [-0.2, 0) is 0 Å². The Kier molecular flexibility index (Phi) is 5.82. The molecule has 0 atom stereocenters. The van der Waals surface area contributed by atoms with Crippen molar-refractivity contribution in [2.24, 2.45) is 0 Å². The van der Waals surface area contributed by atoms with Crippen LogP contribution in [0.4, 0.5) is 11.5 Å². The number of carbonyl (C=O) groups excluding carboxylic acids is 1. The van der Waals surface area contributed by atoms with Crippen LogP contribution in [0.2, 0.25) is 0 Å². The summed E-state index contributed by atoms with van der Waals surface area (Å²) < 4.78 is 5.10. The van der Waals surface area contributed by atoms with Crippen LogP contribution in [0.25, 0.3) is 0 Å². The predicted octanol–water partition coefficient (Wildman–Crippen LogP) is 3.87. The number of hydrogen-bond acceptors (Lipinski definition) is 5. The van der Waals surface area contributed by atoms with Crippen LogP contribution in [0.3, 0.4) is 0 Å². The van der Waals surface area contributed by atoms with Crippen molar-refractivity contribution >= 4 is 17.4 Å². The Morgan fingerprint density at radius 1 is 1.00 bits per heavy atom. The highest BCUT2D eigenvalue weighted by Crippen LogP contribution is 2.20. The van der Waals surface area contributed by atoms with Gasteiger partial charge in [0.15, 0.2) is 5.69 Å². The number of rotatable bonds is 5. The van der Waals surface area contributed by atoms with Crippen molar-refractivity contribution in [3.05, 3.63) is 42.1 Å². The van der Waals surface area contributed by atoms with Gasteiger partial charge in [-0.15, -0.1) is 10.2 Å². The second-order valence-corrected chi connectivity index (χ2v) is 6.32. The average molecular weight is 340 g/mol. The molecule has 1 aliphatic carbocycles. The zero-order valence-corrected chi connectivity index (χ0v) is 14.5. The van der Waals surface area contributed by atoms with E-state index < -0.39 is 0 Å². The quantitative estimate of drug-likeness (QED) is 0.808. The molecular weight excluding hydrogens is 316 g/mol. The minimum Gasteiger partial charge on any atom is -0.497 e. The average Bonchev–Trinajstić information content (AvgIpc) is 2.91. The lowest BCUT2D eigenvalue weighted by Crippen LogP contribution is -2.20. The Morgan fingerprint density at radius 3 is 2.32 bits per heavy atom. The van der Waals surface area contributed by atoms with Crippen LogP contribution in [0.1, 0.15) is 49.0 Å². The van der Waals surface area contributed by atoms with Crippen molar-refractivity contribution in [1.29, 1.82) is 0 Å². The van der Waals surface area contributed by atoms with Crippen LogP contribution in [-0.4, -0.2) is 29.3 Å². The Labute approximate surface area is 148 Å². The molecule has 0 aliphatic heterocycles. The van der Waals surface area contributed by atoms with E-state index in [2.05, 4.69) is 20.8 Å². The van der Waals surface area contributed by atoms with Gasteiger partial charge in [-0.3, -0.25) is 4.79 Å². The molecule has 6 heteroatoms. The summed E-state index contributed by atoms with van der Waals surface area (Å²) in [5, 5.41) is 14.4. The standard InChI is InChI=1S/C19H24N4O2/c1-25-16-10-8-15(9-11-16)21-19(24)17-12-13-18(23-22-17)20-14-6-4-2-3-5-7-14/h8-14H,2-7H2,1H3,(H,20,23)(H,21,24). The van der Waals surface area contributed by atoms with Crippen LogP contribution in [0, 0.1) is 0 Å². The van der Waals surface area contributed by atoms with Crippen molar-refractivity contribution in [2.45, 2.75) is 44.6 Å². The lowest BCUT2D eigenvalue weighted by molar-refractivity contribution is 0.102. The first-order valence-electron chi connectivity index (χ1n) is 8.80. The first-order chi connectivity index (χ1) is 12.2. The minimum absolute atomic E-state index is 0.279. The van der Waals surface area contributed by atoms with E-state index in [4.69, 9.17) is 4.74 Å². The first-order valence-corrected chi connectivity index (χ1v) is 8.80. The van der Waals surface area contributed by atoms with Crippen LogP contribution >= 0.6 is 0 Å². The Morgan fingerprint density at radius 2 is 1.72 bits per heavy atom. The summed E-state index contributed by atoms with van der Waals surface area (Å²) in [7, 11) is 1.60. The predicted molar refractivity (Wildman–Crippen MR) is 98.1 cm³/mol. The summed E-state index contributed by atoms with van der Waals surface area (Å²) in [4.78, 5) is 12.3. The highest BCUT2D eigenvalue weighted by atomic mass is 16.5. The molecule has 6 nitrogen and oxygen atoms in total.